The summed E-state index contributed by atoms with van der Waals surface area (Å²) in [7, 11) is 0. The van der Waals surface area contributed by atoms with Crippen molar-refractivity contribution in [3.8, 4) is 0 Å². The van der Waals surface area contributed by atoms with E-state index >= 15 is 0 Å². The van der Waals surface area contributed by atoms with Crippen LogP contribution >= 0.6 is 11.6 Å². The topological polar surface area (TPSA) is 62.5 Å². The van der Waals surface area contributed by atoms with E-state index in [0.29, 0.717) is 22.9 Å². The summed E-state index contributed by atoms with van der Waals surface area (Å²) in [6.07, 6.45) is 9.08. The van der Waals surface area contributed by atoms with Crippen LogP contribution < -0.4 is 4.90 Å². The van der Waals surface area contributed by atoms with Crippen LogP contribution in [0.3, 0.4) is 0 Å². The van der Waals surface area contributed by atoms with E-state index in [0.717, 1.165) is 26.1 Å². The quantitative estimate of drug-likeness (QED) is 0.608. The third kappa shape index (κ3) is 3.64. The fraction of sp³-hybridized carbons (Fsp3) is 0.706. The average molecular weight is 353 g/mol. The highest BCUT2D eigenvalue weighted by Crippen LogP contribution is 2.31. The van der Waals surface area contributed by atoms with Crippen molar-refractivity contribution in [2.45, 2.75) is 57.5 Å². The number of piperazine rings is 1. The zero-order chi connectivity index (χ0) is 17.1. The number of nitrogens with zero attached hydrogens (tertiary/aromatic N) is 4. The highest BCUT2D eigenvalue weighted by atomic mass is 35.5. The molecule has 0 unspecified atom stereocenters. The van der Waals surface area contributed by atoms with Gasteiger partial charge in [0.1, 0.15) is 12.0 Å². The molecule has 0 bridgehead atoms. The minimum absolute atomic E-state index is 0.0587. The molecule has 6 nitrogen and oxygen atoms in total. The Labute approximate surface area is 147 Å². The predicted molar refractivity (Wildman–Crippen MR) is 95.8 cm³/mol. The molecule has 3 rings (SSSR count). The molecule has 2 heterocycles. The average Bonchev–Trinajstić information content (AvgIpc) is 2.61. The zero-order valence-corrected chi connectivity index (χ0v) is 14.9. The number of nitro groups is 1. The van der Waals surface area contributed by atoms with Crippen molar-refractivity contribution in [1.82, 2.24) is 9.88 Å². The Bertz CT molecular complexity index is 592. The third-order valence-corrected chi connectivity index (χ3v) is 5.64. The molecule has 0 aromatic carbocycles. The first kappa shape index (κ1) is 17.4. The van der Waals surface area contributed by atoms with Gasteiger partial charge in [-0.1, -0.05) is 37.8 Å². The Kier molecular flexibility index (Phi) is 5.56. The Morgan fingerprint density at radius 2 is 2.08 bits per heavy atom. The molecular formula is C17H25ClN4O2. The molecular weight excluding hydrogens is 328 g/mol. The second-order valence-electron chi connectivity index (χ2n) is 6.79. The fourth-order valence-corrected chi connectivity index (χ4v) is 4.35. The molecule has 7 heteroatoms. The molecule has 1 saturated heterocycles. The number of anilines is 1. The lowest BCUT2D eigenvalue weighted by molar-refractivity contribution is -0.385. The second-order valence-corrected chi connectivity index (χ2v) is 7.20. The van der Waals surface area contributed by atoms with Crippen LogP contribution in [0.4, 0.5) is 11.5 Å². The van der Waals surface area contributed by atoms with Crippen LogP contribution in [0.5, 0.6) is 0 Å². The van der Waals surface area contributed by atoms with E-state index in [4.69, 9.17) is 11.6 Å². The number of hydrogen-bond donors (Lipinski definition) is 0. The molecule has 0 amide bonds. The van der Waals surface area contributed by atoms with E-state index in [2.05, 4.69) is 21.7 Å². The maximum atomic E-state index is 10.8. The van der Waals surface area contributed by atoms with Crippen LogP contribution in [-0.4, -0.2) is 46.5 Å². The smallest absolute Gasteiger partial charge is 0.289 e. The molecule has 132 valence electrons. The first-order chi connectivity index (χ1) is 11.6. The van der Waals surface area contributed by atoms with Gasteiger partial charge in [0.15, 0.2) is 0 Å². The van der Waals surface area contributed by atoms with Crippen LogP contribution in [0.15, 0.2) is 12.3 Å². The van der Waals surface area contributed by atoms with Crippen LogP contribution in [0.2, 0.25) is 5.02 Å². The van der Waals surface area contributed by atoms with Gasteiger partial charge in [-0.15, -0.1) is 0 Å². The van der Waals surface area contributed by atoms with Crippen molar-refractivity contribution in [1.29, 1.82) is 0 Å². The number of rotatable bonds is 4. The van der Waals surface area contributed by atoms with Crippen LogP contribution in [0.25, 0.3) is 0 Å². The van der Waals surface area contributed by atoms with Gasteiger partial charge in [-0.2, -0.15) is 0 Å². The summed E-state index contributed by atoms with van der Waals surface area (Å²) in [5.41, 5.74) is -0.0587. The van der Waals surface area contributed by atoms with Gasteiger partial charge >= 0.3 is 0 Å². The SMILES string of the molecule is CC[C@H]1CN(c2ncc([N+](=O)[O-])cc2Cl)CCN1C1CCCCC1. The van der Waals surface area contributed by atoms with Crippen molar-refractivity contribution in [3.05, 3.63) is 27.4 Å². The highest BCUT2D eigenvalue weighted by Gasteiger charge is 2.32. The predicted octanol–water partition coefficient (Wildman–Crippen LogP) is 3.88. The lowest BCUT2D eigenvalue weighted by atomic mass is 9.92. The summed E-state index contributed by atoms with van der Waals surface area (Å²) in [6, 6.07) is 2.61. The van der Waals surface area contributed by atoms with Crippen molar-refractivity contribution in [3.63, 3.8) is 0 Å². The Hall–Kier alpha value is -1.40. The Balaban J connectivity index is 1.72. The lowest BCUT2D eigenvalue weighted by Gasteiger charge is -2.46. The fourth-order valence-electron chi connectivity index (χ4n) is 4.07. The molecule has 1 aromatic rings. The van der Waals surface area contributed by atoms with E-state index in [1.54, 1.807) is 0 Å². The van der Waals surface area contributed by atoms with Crippen LogP contribution in [-0.2, 0) is 0 Å². The van der Waals surface area contributed by atoms with Gasteiger partial charge in [0.05, 0.1) is 9.95 Å². The normalized spacial score (nSPS) is 23.4. The van der Waals surface area contributed by atoms with E-state index < -0.39 is 4.92 Å². The van der Waals surface area contributed by atoms with Crippen LogP contribution in [0, 0.1) is 10.1 Å². The van der Waals surface area contributed by atoms with E-state index in [1.807, 2.05) is 0 Å². The zero-order valence-electron chi connectivity index (χ0n) is 14.2. The monoisotopic (exact) mass is 352 g/mol. The first-order valence-electron chi connectivity index (χ1n) is 8.90. The third-order valence-electron chi connectivity index (χ3n) is 5.36. The van der Waals surface area contributed by atoms with Gasteiger partial charge in [0, 0.05) is 37.8 Å². The molecule has 1 aliphatic heterocycles. The number of hydrogen-bond acceptors (Lipinski definition) is 5. The first-order valence-corrected chi connectivity index (χ1v) is 9.28. The standard InChI is InChI=1S/C17H25ClN4O2/c1-2-13-12-20(8-9-21(13)14-6-4-3-5-7-14)17-16(18)10-15(11-19-17)22(23)24/h10-11,13-14H,2-9,12H2,1H3/t13-/m0/s1. The number of halogens is 1. The molecule has 0 spiro atoms. The molecule has 1 aliphatic carbocycles. The van der Waals surface area contributed by atoms with E-state index in [-0.39, 0.29) is 5.69 Å². The molecule has 1 atom stereocenters. The minimum atomic E-state index is -0.460. The summed E-state index contributed by atoms with van der Waals surface area (Å²) in [5, 5.41) is 11.2. The summed E-state index contributed by atoms with van der Waals surface area (Å²) in [4.78, 5) is 19.5. The summed E-state index contributed by atoms with van der Waals surface area (Å²) in [5.74, 6) is 0.670. The molecule has 2 fully saturated rings. The Morgan fingerprint density at radius 3 is 2.71 bits per heavy atom. The maximum absolute atomic E-state index is 10.8. The summed E-state index contributed by atoms with van der Waals surface area (Å²) in [6.45, 7) is 5.00. The minimum Gasteiger partial charge on any atom is -0.353 e. The number of aromatic nitrogens is 1. The Morgan fingerprint density at radius 1 is 1.33 bits per heavy atom. The van der Waals surface area contributed by atoms with Gasteiger partial charge < -0.3 is 4.90 Å². The van der Waals surface area contributed by atoms with Gasteiger partial charge in [-0.05, 0) is 19.3 Å². The maximum Gasteiger partial charge on any atom is 0.289 e. The molecule has 1 aromatic heterocycles. The van der Waals surface area contributed by atoms with Gasteiger partial charge in [0.2, 0.25) is 0 Å². The lowest BCUT2D eigenvalue weighted by Crippen LogP contribution is -2.57. The second kappa shape index (κ2) is 7.66. The van der Waals surface area contributed by atoms with E-state index in [1.165, 1.54) is 44.4 Å². The molecule has 1 saturated carbocycles. The van der Waals surface area contributed by atoms with Crippen molar-refractivity contribution < 1.29 is 4.92 Å². The molecule has 0 N–H and O–H groups in total. The highest BCUT2D eigenvalue weighted by molar-refractivity contribution is 6.33. The largest absolute Gasteiger partial charge is 0.353 e. The molecule has 2 aliphatic rings. The van der Waals surface area contributed by atoms with Gasteiger partial charge in [0.25, 0.3) is 5.69 Å². The summed E-state index contributed by atoms with van der Waals surface area (Å²) < 4.78 is 0. The summed E-state index contributed by atoms with van der Waals surface area (Å²) >= 11 is 6.26. The van der Waals surface area contributed by atoms with Gasteiger partial charge in [-0.25, -0.2) is 4.98 Å². The van der Waals surface area contributed by atoms with Crippen molar-refractivity contribution in [2.24, 2.45) is 0 Å². The van der Waals surface area contributed by atoms with Crippen molar-refractivity contribution in [2.75, 3.05) is 24.5 Å². The van der Waals surface area contributed by atoms with Crippen LogP contribution in [0.1, 0.15) is 45.4 Å². The number of pyridine rings is 1. The molecule has 24 heavy (non-hydrogen) atoms. The van der Waals surface area contributed by atoms with Crippen molar-refractivity contribution >= 4 is 23.1 Å². The van der Waals surface area contributed by atoms with Gasteiger partial charge in [-0.3, -0.25) is 15.0 Å². The van der Waals surface area contributed by atoms with E-state index in [9.17, 15) is 10.1 Å². The molecule has 0 radical (unpaired) electrons.